The highest BCUT2D eigenvalue weighted by molar-refractivity contribution is 5.97. The van der Waals surface area contributed by atoms with Crippen LogP contribution in [-0.2, 0) is 0 Å². The number of benzene rings is 3. The lowest BCUT2D eigenvalue weighted by atomic mass is 10.0. The van der Waals surface area contributed by atoms with Crippen molar-refractivity contribution < 1.29 is 0 Å². The maximum absolute atomic E-state index is 3.48. The van der Waals surface area contributed by atoms with Gasteiger partial charge in [-0.05, 0) is 47.5 Å². The molecule has 16 heavy (non-hydrogen) atoms. The van der Waals surface area contributed by atoms with E-state index in [-0.39, 0.29) is 0 Å². The lowest BCUT2D eigenvalue weighted by Gasteiger charge is -2.03. The first-order valence-corrected chi connectivity index (χ1v) is 5.55. The summed E-state index contributed by atoms with van der Waals surface area (Å²) in [4.78, 5) is 0. The maximum Gasteiger partial charge on any atom is -0.00142 e. The normalized spacial score (nSPS) is 11.1. The van der Waals surface area contributed by atoms with E-state index < -0.39 is 0 Å². The molecule has 0 aliphatic rings. The van der Waals surface area contributed by atoms with Crippen molar-refractivity contribution in [2.24, 2.45) is 0 Å². The van der Waals surface area contributed by atoms with Crippen LogP contribution in [-0.4, -0.2) is 0 Å². The summed E-state index contributed by atoms with van der Waals surface area (Å²) in [7, 11) is 0. The fourth-order valence-electron chi connectivity index (χ4n) is 2.13. The summed E-state index contributed by atoms with van der Waals surface area (Å²) in [6.45, 7) is 4.24. The first-order valence-electron chi connectivity index (χ1n) is 5.55. The third kappa shape index (κ3) is 1.47. The Bertz CT molecular complexity index is 616. The van der Waals surface area contributed by atoms with E-state index >= 15 is 0 Å². The van der Waals surface area contributed by atoms with Crippen molar-refractivity contribution in [3.8, 4) is 0 Å². The van der Waals surface area contributed by atoms with Crippen molar-refractivity contribution >= 4 is 21.5 Å². The van der Waals surface area contributed by atoms with E-state index in [2.05, 4.69) is 62.4 Å². The van der Waals surface area contributed by atoms with Crippen molar-refractivity contribution in [2.75, 3.05) is 0 Å². The minimum Gasteiger partial charge on any atom is -0.0587 e. The minimum atomic E-state index is 1.20. The molecule has 3 rings (SSSR count). The molecule has 0 aromatic heterocycles. The van der Waals surface area contributed by atoms with Crippen molar-refractivity contribution in [1.29, 1.82) is 0 Å². The van der Waals surface area contributed by atoms with E-state index in [1.807, 2.05) is 0 Å². The van der Waals surface area contributed by atoms with E-state index in [0.29, 0.717) is 0 Å². The molecule has 0 atom stereocenters. The van der Waals surface area contributed by atoms with Gasteiger partial charge in [0.05, 0.1) is 0 Å². The molecule has 0 heteroatoms. The Kier molecular flexibility index (Phi) is 1.97. The molecule has 3 aromatic rings. The predicted molar refractivity (Wildman–Crippen MR) is 69.8 cm³/mol. The third-order valence-corrected chi connectivity index (χ3v) is 3.00. The summed E-state index contributed by atoms with van der Waals surface area (Å²) >= 11 is 0. The van der Waals surface area contributed by atoms with E-state index in [4.69, 9.17) is 0 Å². The molecule has 0 spiro atoms. The Hall–Kier alpha value is -1.82. The van der Waals surface area contributed by atoms with Crippen LogP contribution in [0.25, 0.3) is 21.5 Å². The number of fused-ring (bicyclic) bond motifs is 2. The molecule has 0 bridgehead atoms. The van der Waals surface area contributed by atoms with E-state index in [1.54, 1.807) is 0 Å². The molecule has 0 fully saturated rings. The molecule has 0 saturated carbocycles. The van der Waals surface area contributed by atoms with Crippen molar-refractivity contribution in [3.63, 3.8) is 0 Å². The Balaban J connectivity index is 2.44. The molecule has 0 N–H and O–H groups in total. The third-order valence-electron chi connectivity index (χ3n) is 3.00. The van der Waals surface area contributed by atoms with Gasteiger partial charge in [0.2, 0.25) is 0 Å². The molecule has 0 aliphatic heterocycles. The number of hydrogen-bond donors (Lipinski definition) is 0. The lowest BCUT2D eigenvalue weighted by Crippen LogP contribution is -1.80. The smallest absolute Gasteiger partial charge is 0.00142 e. The zero-order valence-electron chi connectivity index (χ0n) is 9.54. The fraction of sp³-hybridized carbons (Fsp3) is 0.125. The van der Waals surface area contributed by atoms with Gasteiger partial charge in [0.15, 0.2) is 0 Å². The average molecular weight is 205 g/mol. The number of hydrogen-bond acceptors (Lipinski definition) is 0. The average Bonchev–Trinajstić information content (AvgIpc) is 2.26. The summed E-state index contributed by atoms with van der Waals surface area (Å²) in [5.41, 5.74) is 2.59. The molecular formula is C16H13. The standard InChI is InChI=1S/C16H13/c1-11-3-5-13-10-16-8-12(2)4-6-14(16)9-15(13)7-11/h3-9H,1-2H3. The van der Waals surface area contributed by atoms with Crippen LogP contribution >= 0.6 is 0 Å². The largest absolute Gasteiger partial charge is 0.0587 e. The highest BCUT2D eigenvalue weighted by Gasteiger charge is 1.99. The first kappa shape index (κ1) is 9.41. The monoisotopic (exact) mass is 205 g/mol. The van der Waals surface area contributed by atoms with Gasteiger partial charge in [0.1, 0.15) is 0 Å². The summed E-state index contributed by atoms with van der Waals surface area (Å²) in [6, 6.07) is 18.7. The first-order chi connectivity index (χ1) is 7.72. The Morgan fingerprint density at radius 1 is 0.688 bits per heavy atom. The van der Waals surface area contributed by atoms with Crippen molar-refractivity contribution in [1.82, 2.24) is 0 Å². The van der Waals surface area contributed by atoms with Crippen LogP contribution in [0.5, 0.6) is 0 Å². The molecule has 1 radical (unpaired) electrons. The van der Waals surface area contributed by atoms with E-state index in [0.717, 1.165) is 0 Å². The SMILES string of the molecule is Cc1ccc2cc3cc(C)ccc3[c]c2c1. The van der Waals surface area contributed by atoms with Gasteiger partial charge in [-0.3, -0.25) is 0 Å². The van der Waals surface area contributed by atoms with Crippen LogP contribution in [0, 0.1) is 19.9 Å². The summed E-state index contributed by atoms with van der Waals surface area (Å²) in [5, 5.41) is 4.94. The highest BCUT2D eigenvalue weighted by Crippen LogP contribution is 2.23. The van der Waals surface area contributed by atoms with Gasteiger partial charge >= 0.3 is 0 Å². The quantitative estimate of drug-likeness (QED) is 0.477. The van der Waals surface area contributed by atoms with Gasteiger partial charge in [-0.1, -0.05) is 47.5 Å². The predicted octanol–water partition coefficient (Wildman–Crippen LogP) is 4.41. The fourth-order valence-corrected chi connectivity index (χ4v) is 2.13. The summed E-state index contributed by atoms with van der Waals surface area (Å²) < 4.78 is 0. The van der Waals surface area contributed by atoms with Gasteiger partial charge in [-0.25, -0.2) is 0 Å². The second-order valence-corrected chi connectivity index (χ2v) is 4.45. The van der Waals surface area contributed by atoms with Gasteiger partial charge < -0.3 is 0 Å². The molecule has 0 amide bonds. The molecule has 3 aromatic carbocycles. The molecule has 77 valence electrons. The van der Waals surface area contributed by atoms with Gasteiger partial charge in [0.25, 0.3) is 0 Å². The zero-order chi connectivity index (χ0) is 11.1. The molecule has 0 unspecified atom stereocenters. The Morgan fingerprint density at radius 2 is 1.44 bits per heavy atom. The van der Waals surface area contributed by atoms with Gasteiger partial charge in [-0.2, -0.15) is 0 Å². The second-order valence-electron chi connectivity index (χ2n) is 4.45. The van der Waals surface area contributed by atoms with Crippen LogP contribution in [0.1, 0.15) is 11.1 Å². The van der Waals surface area contributed by atoms with E-state index in [1.165, 1.54) is 32.7 Å². The molecule has 0 heterocycles. The van der Waals surface area contributed by atoms with Crippen LogP contribution in [0.3, 0.4) is 0 Å². The topological polar surface area (TPSA) is 0 Å². The molecular weight excluding hydrogens is 192 g/mol. The summed E-state index contributed by atoms with van der Waals surface area (Å²) in [5.74, 6) is 0. The van der Waals surface area contributed by atoms with Gasteiger partial charge in [0, 0.05) is 0 Å². The highest BCUT2D eigenvalue weighted by atomic mass is 14.0. The molecule has 0 nitrogen and oxygen atoms in total. The molecule has 0 saturated heterocycles. The Labute approximate surface area is 95.5 Å². The number of rotatable bonds is 0. The Morgan fingerprint density at radius 3 is 2.31 bits per heavy atom. The minimum absolute atomic E-state index is 1.20. The summed E-state index contributed by atoms with van der Waals surface area (Å²) in [6.07, 6.45) is 0. The van der Waals surface area contributed by atoms with Crippen LogP contribution in [0.15, 0.2) is 42.5 Å². The van der Waals surface area contributed by atoms with Crippen LogP contribution < -0.4 is 0 Å². The molecule has 0 aliphatic carbocycles. The van der Waals surface area contributed by atoms with Gasteiger partial charge in [-0.15, -0.1) is 0 Å². The second kappa shape index (κ2) is 3.34. The van der Waals surface area contributed by atoms with Crippen LogP contribution in [0.4, 0.5) is 0 Å². The van der Waals surface area contributed by atoms with Crippen molar-refractivity contribution in [3.05, 3.63) is 59.7 Å². The van der Waals surface area contributed by atoms with Crippen molar-refractivity contribution in [2.45, 2.75) is 13.8 Å². The number of aryl methyl sites for hydroxylation is 2. The zero-order valence-corrected chi connectivity index (χ0v) is 9.54. The van der Waals surface area contributed by atoms with Crippen LogP contribution in [0.2, 0.25) is 0 Å². The van der Waals surface area contributed by atoms with E-state index in [9.17, 15) is 0 Å². The maximum atomic E-state index is 3.48. The lowest BCUT2D eigenvalue weighted by molar-refractivity contribution is 1.50.